The SMILES string of the molecule is Cn1nc(-c2ccc(OCc3ccccc3)nc2OCc2ccccc2)c2cncc(Br)c21. The summed E-state index contributed by atoms with van der Waals surface area (Å²) in [6.07, 6.45) is 3.57. The van der Waals surface area contributed by atoms with E-state index in [2.05, 4.69) is 20.9 Å². The predicted molar refractivity (Wildman–Crippen MR) is 131 cm³/mol. The molecule has 3 heterocycles. The number of pyridine rings is 2. The quantitative estimate of drug-likeness (QED) is 0.276. The standard InChI is InChI=1S/C26H21BrN4O2/c1-31-25-21(14-28-15-22(25)27)24(30-31)20-12-13-23(32-16-18-8-4-2-5-9-18)29-26(20)33-17-19-10-6-3-7-11-19/h2-15H,16-17H2,1H3. The number of rotatable bonds is 7. The van der Waals surface area contributed by atoms with Gasteiger partial charge in [0.1, 0.15) is 18.9 Å². The zero-order chi connectivity index (χ0) is 22.6. The van der Waals surface area contributed by atoms with E-state index in [1.807, 2.05) is 90.7 Å². The summed E-state index contributed by atoms with van der Waals surface area (Å²) in [6, 6.07) is 23.8. The fourth-order valence-corrected chi connectivity index (χ4v) is 4.22. The summed E-state index contributed by atoms with van der Waals surface area (Å²) in [5.41, 5.74) is 4.62. The van der Waals surface area contributed by atoms with Gasteiger partial charge in [-0.1, -0.05) is 60.7 Å². The maximum absolute atomic E-state index is 6.19. The average Bonchev–Trinajstić information content (AvgIpc) is 3.20. The first-order valence-electron chi connectivity index (χ1n) is 10.5. The molecule has 0 radical (unpaired) electrons. The van der Waals surface area contributed by atoms with E-state index >= 15 is 0 Å². The Labute approximate surface area is 200 Å². The maximum atomic E-state index is 6.19. The van der Waals surface area contributed by atoms with Gasteiger partial charge in [0.15, 0.2) is 0 Å². The first-order chi connectivity index (χ1) is 16.2. The van der Waals surface area contributed by atoms with Crippen molar-refractivity contribution in [2.24, 2.45) is 7.05 Å². The van der Waals surface area contributed by atoms with Crippen LogP contribution in [0.5, 0.6) is 11.8 Å². The number of hydrogen-bond acceptors (Lipinski definition) is 5. The molecule has 0 atom stereocenters. The smallest absolute Gasteiger partial charge is 0.226 e. The predicted octanol–water partition coefficient (Wildman–Crippen LogP) is 5.95. The Morgan fingerprint density at radius 3 is 2.18 bits per heavy atom. The van der Waals surface area contributed by atoms with Gasteiger partial charge in [0.2, 0.25) is 11.8 Å². The Kier molecular flexibility index (Phi) is 6.04. The number of aromatic nitrogens is 4. The lowest BCUT2D eigenvalue weighted by Gasteiger charge is -2.12. The van der Waals surface area contributed by atoms with E-state index in [0.29, 0.717) is 25.0 Å². The first-order valence-corrected chi connectivity index (χ1v) is 11.3. The third kappa shape index (κ3) is 4.59. The van der Waals surface area contributed by atoms with Crippen LogP contribution in [0.3, 0.4) is 0 Å². The molecule has 0 bridgehead atoms. The van der Waals surface area contributed by atoms with E-state index in [4.69, 9.17) is 19.6 Å². The molecule has 0 saturated heterocycles. The monoisotopic (exact) mass is 500 g/mol. The molecule has 33 heavy (non-hydrogen) atoms. The van der Waals surface area contributed by atoms with Crippen molar-refractivity contribution < 1.29 is 9.47 Å². The van der Waals surface area contributed by atoms with Gasteiger partial charge in [0.05, 0.1) is 15.6 Å². The summed E-state index contributed by atoms with van der Waals surface area (Å²) >= 11 is 3.58. The highest BCUT2D eigenvalue weighted by molar-refractivity contribution is 9.10. The lowest BCUT2D eigenvalue weighted by atomic mass is 10.1. The molecule has 0 unspecified atom stereocenters. The fraction of sp³-hybridized carbons (Fsp3) is 0.115. The molecular formula is C26H21BrN4O2. The van der Waals surface area contributed by atoms with Crippen molar-refractivity contribution in [1.29, 1.82) is 0 Å². The van der Waals surface area contributed by atoms with E-state index in [0.717, 1.165) is 37.8 Å². The van der Waals surface area contributed by atoms with Crippen molar-refractivity contribution in [2.75, 3.05) is 0 Å². The van der Waals surface area contributed by atoms with Crippen LogP contribution in [0.2, 0.25) is 0 Å². The third-order valence-corrected chi connectivity index (χ3v) is 5.82. The number of benzene rings is 2. The van der Waals surface area contributed by atoms with E-state index in [1.54, 1.807) is 6.20 Å². The van der Waals surface area contributed by atoms with Gasteiger partial charge in [-0.05, 0) is 33.1 Å². The molecule has 0 aliphatic rings. The first kappa shape index (κ1) is 21.2. The highest BCUT2D eigenvalue weighted by Crippen LogP contribution is 2.36. The summed E-state index contributed by atoms with van der Waals surface area (Å²) < 4.78 is 14.8. The molecular weight excluding hydrogens is 480 g/mol. The number of aryl methyl sites for hydroxylation is 1. The van der Waals surface area contributed by atoms with Gasteiger partial charge in [-0.15, -0.1) is 0 Å². The average molecular weight is 501 g/mol. The van der Waals surface area contributed by atoms with Crippen molar-refractivity contribution in [3.63, 3.8) is 0 Å². The van der Waals surface area contributed by atoms with Crippen molar-refractivity contribution in [3.05, 3.63) is 101 Å². The second-order valence-corrected chi connectivity index (χ2v) is 8.39. The van der Waals surface area contributed by atoms with Crippen LogP contribution < -0.4 is 9.47 Å². The van der Waals surface area contributed by atoms with Crippen LogP contribution in [0.15, 0.2) is 89.7 Å². The summed E-state index contributed by atoms with van der Waals surface area (Å²) in [7, 11) is 1.91. The molecule has 0 saturated carbocycles. The van der Waals surface area contributed by atoms with E-state index in [-0.39, 0.29) is 0 Å². The van der Waals surface area contributed by atoms with Gasteiger partial charge in [0.25, 0.3) is 0 Å². The van der Waals surface area contributed by atoms with Crippen LogP contribution in [0.1, 0.15) is 11.1 Å². The lowest BCUT2D eigenvalue weighted by Crippen LogP contribution is -2.02. The number of ether oxygens (including phenoxy) is 2. The number of hydrogen-bond donors (Lipinski definition) is 0. The highest BCUT2D eigenvalue weighted by atomic mass is 79.9. The molecule has 0 aliphatic carbocycles. The minimum Gasteiger partial charge on any atom is -0.473 e. The summed E-state index contributed by atoms with van der Waals surface area (Å²) in [6.45, 7) is 0.810. The number of nitrogens with zero attached hydrogens (tertiary/aromatic N) is 4. The summed E-state index contributed by atoms with van der Waals surface area (Å²) in [5, 5.41) is 5.66. The van der Waals surface area contributed by atoms with Crippen molar-refractivity contribution in [2.45, 2.75) is 13.2 Å². The summed E-state index contributed by atoms with van der Waals surface area (Å²) in [5.74, 6) is 0.953. The Hall–Kier alpha value is -3.71. The summed E-state index contributed by atoms with van der Waals surface area (Å²) in [4.78, 5) is 9.02. The maximum Gasteiger partial charge on any atom is 0.226 e. The van der Waals surface area contributed by atoms with Gasteiger partial charge in [-0.2, -0.15) is 10.1 Å². The topological polar surface area (TPSA) is 62.1 Å². The van der Waals surface area contributed by atoms with Gasteiger partial charge < -0.3 is 9.47 Å². The molecule has 5 rings (SSSR count). The largest absolute Gasteiger partial charge is 0.473 e. The zero-order valence-electron chi connectivity index (χ0n) is 18.0. The molecule has 6 nitrogen and oxygen atoms in total. The van der Waals surface area contributed by atoms with Crippen molar-refractivity contribution in [3.8, 4) is 23.0 Å². The van der Waals surface area contributed by atoms with Gasteiger partial charge in [-0.25, -0.2) is 0 Å². The van der Waals surface area contributed by atoms with Crippen LogP contribution in [-0.2, 0) is 20.3 Å². The molecule has 7 heteroatoms. The van der Waals surface area contributed by atoms with E-state index in [9.17, 15) is 0 Å². The van der Waals surface area contributed by atoms with Gasteiger partial charge in [-0.3, -0.25) is 9.67 Å². The minimum atomic E-state index is 0.385. The van der Waals surface area contributed by atoms with E-state index in [1.165, 1.54) is 0 Å². The zero-order valence-corrected chi connectivity index (χ0v) is 19.6. The second kappa shape index (κ2) is 9.42. The second-order valence-electron chi connectivity index (χ2n) is 7.54. The van der Waals surface area contributed by atoms with Crippen molar-refractivity contribution in [1.82, 2.24) is 19.7 Å². The Morgan fingerprint density at radius 2 is 1.48 bits per heavy atom. The van der Waals surface area contributed by atoms with Crippen LogP contribution >= 0.6 is 15.9 Å². The van der Waals surface area contributed by atoms with Gasteiger partial charge >= 0.3 is 0 Å². The van der Waals surface area contributed by atoms with Crippen molar-refractivity contribution >= 4 is 26.8 Å². The molecule has 0 N–H and O–H groups in total. The van der Waals surface area contributed by atoms with Crippen LogP contribution in [-0.4, -0.2) is 19.7 Å². The molecule has 0 spiro atoms. The van der Waals surface area contributed by atoms with Crippen LogP contribution in [0, 0.1) is 0 Å². The molecule has 164 valence electrons. The fourth-order valence-electron chi connectivity index (χ4n) is 3.63. The Morgan fingerprint density at radius 1 is 0.818 bits per heavy atom. The lowest BCUT2D eigenvalue weighted by molar-refractivity contribution is 0.268. The minimum absolute atomic E-state index is 0.385. The Bertz CT molecular complexity index is 1390. The molecule has 2 aromatic carbocycles. The molecule has 5 aromatic rings. The molecule has 0 aliphatic heterocycles. The van der Waals surface area contributed by atoms with E-state index < -0.39 is 0 Å². The normalized spacial score (nSPS) is 11.0. The van der Waals surface area contributed by atoms with Crippen LogP contribution in [0.4, 0.5) is 0 Å². The molecule has 3 aromatic heterocycles. The Balaban J connectivity index is 1.51. The molecule has 0 amide bonds. The van der Waals surface area contributed by atoms with Crippen LogP contribution in [0.25, 0.3) is 22.2 Å². The highest BCUT2D eigenvalue weighted by Gasteiger charge is 2.19. The number of halogens is 1. The third-order valence-electron chi connectivity index (χ3n) is 5.24. The van der Waals surface area contributed by atoms with Gasteiger partial charge in [0, 0.05) is 30.9 Å². The number of fused-ring (bicyclic) bond motifs is 1. The molecule has 0 fully saturated rings.